The normalized spacial score (nSPS) is 21.4. The number of aliphatic hydroxyl groups is 1. The second kappa shape index (κ2) is 6.25. The van der Waals surface area contributed by atoms with Gasteiger partial charge in [-0.25, -0.2) is 0 Å². The predicted octanol–water partition coefficient (Wildman–Crippen LogP) is 2.84. The summed E-state index contributed by atoms with van der Waals surface area (Å²) in [5, 5.41) is 10.9. The molecule has 0 radical (unpaired) electrons. The Morgan fingerprint density at radius 1 is 1.25 bits per heavy atom. The smallest absolute Gasteiger partial charge is 0.0970 e. The number of aryl methyl sites for hydroxylation is 2. The van der Waals surface area contributed by atoms with Gasteiger partial charge >= 0.3 is 0 Å². The van der Waals surface area contributed by atoms with Gasteiger partial charge in [-0.05, 0) is 43.9 Å². The molecule has 0 bridgehead atoms. The zero-order valence-electron chi connectivity index (χ0n) is 13.1. The van der Waals surface area contributed by atoms with Gasteiger partial charge in [-0.2, -0.15) is 0 Å². The lowest BCUT2D eigenvalue weighted by Gasteiger charge is -2.46. The van der Waals surface area contributed by atoms with Crippen molar-refractivity contribution in [1.82, 2.24) is 4.90 Å². The summed E-state index contributed by atoms with van der Waals surface area (Å²) in [7, 11) is 0. The van der Waals surface area contributed by atoms with Crippen molar-refractivity contribution in [3.63, 3.8) is 0 Å². The van der Waals surface area contributed by atoms with Gasteiger partial charge in [0.1, 0.15) is 0 Å². The zero-order valence-corrected chi connectivity index (χ0v) is 13.1. The molecular formula is C17H27NO2. The van der Waals surface area contributed by atoms with Crippen LogP contribution in [-0.4, -0.2) is 41.8 Å². The average molecular weight is 277 g/mol. The van der Waals surface area contributed by atoms with Gasteiger partial charge in [0.15, 0.2) is 0 Å². The monoisotopic (exact) mass is 277 g/mol. The number of aliphatic hydroxyl groups excluding tert-OH is 1. The van der Waals surface area contributed by atoms with E-state index in [1.807, 2.05) is 0 Å². The van der Waals surface area contributed by atoms with Crippen LogP contribution in [0.3, 0.4) is 0 Å². The summed E-state index contributed by atoms with van der Waals surface area (Å²) < 4.78 is 5.44. The average Bonchev–Trinajstić information content (AvgIpc) is 2.49. The fraction of sp³-hybridized carbons (Fsp3) is 0.647. The Morgan fingerprint density at radius 2 is 1.90 bits per heavy atom. The number of nitrogens with zero attached hydrogens (tertiary/aromatic N) is 1. The maximum absolute atomic E-state index is 10.9. The lowest BCUT2D eigenvalue weighted by Crippen LogP contribution is -2.54. The van der Waals surface area contributed by atoms with Crippen molar-refractivity contribution in [1.29, 1.82) is 0 Å². The molecule has 1 fully saturated rings. The van der Waals surface area contributed by atoms with Gasteiger partial charge in [-0.15, -0.1) is 0 Å². The van der Waals surface area contributed by atoms with Crippen LogP contribution in [-0.2, 0) is 4.74 Å². The summed E-state index contributed by atoms with van der Waals surface area (Å²) in [6.45, 7) is 11.8. The standard InChI is InChI=1S/C17H27NO2/c1-5-17(4,18-8-10-20-11-9-18)16(19)15-7-6-13(2)14(3)12-15/h6-7,12,16,19H,5,8-11H2,1-4H3. The van der Waals surface area contributed by atoms with Crippen LogP contribution in [0.1, 0.15) is 43.1 Å². The lowest BCUT2D eigenvalue weighted by molar-refractivity contribution is -0.0734. The van der Waals surface area contributed by atoms with Gasteiger partial charge in [-0.3, -0.25) is 4.90 Å². The number of morpholine rings is 1. The van der Waals surface area contributed by atoms with E-state index in [-0.39, 0.29) is 5.54 Å². The van der Waals surface area contributed by atoms with E-state index >= 15 is 0 Å². The first-order valence-corrected chi connectivity index (χ1v) is 7.57. The molecule has 1 aliphatic rings. The van der Waals surface area contributed by atoms with E-state index < -0.39 is 6.10 Å². The van der Waals surface area contributed by atoms with Crippen LogP contribution in [0, 0.1) is 13.8 Å². The first-order chi connectivity index (χ1) is 9.49. The van der Waals surface area contributed by atoms with Crippen molar-refractivity contribution >= 4 is 0 Å². The fourth-order valence-corrected chi connectivity index (χ4v) is 2.96. The van der Waals surface area contributed by atoms with Crippen molar-refractivity contribution in [2.75, 3.05) is 26.3 Å². The van der Waals surface area contributed by atoms with Crippen molar-refractivity contribution in [2.45, 2.75) is 45.8 Å². The summed E-state index contributed by atoms with van der Waals surface area (Å²) >= 11 is 0. The van der Waals surface area contributed by atoms with E-state index in [1.54, 1.807) is 0 Å². The maximum Gasteiger partial charge on any atom is 0.0970 e. The molecular weight excluding hydrogens is 250 g/mol. The van der Waals surface area contributed by atoms with Gasteiger partial charge in [0.2, 0.25) is 0 Å². The molecule has 1 saturated heterocycles. The molecule has 2 rings (SSSR count). The van der Waals surface area contributed by atoms with Gasteiger partial charge < -0.3 is 9.84 Å². The summed E-state index contributed by atoms with van der Waals surface area (Å²) in [6.07, 6.45) is 0.450. The molecule has 0 spiro atoms. The molecule has 1 N–H and O–H groups in total. The van der Waals surface area contributed by atoms with Crippen LogP contribution in [0.25, 0.3) is 0 Å². The zero-order chi connectivity index (χ0) is 14.8. The van der Waals surface area contributed by atoms with Gasteiger partial charge in [-0.1, -0.05) is 25.1 Å². The van der Waals surface area contributed by atoms with Crippen molar-refractivity contribution < 1.29 is 9.84 Å². The third kappa shape index (κ3) is 2.90. The molecule has 0 aromatic heterocycles. The van der Waals surface area contributed by atoms with E-state index in [1.165, 1.54) is 11.1 Å². The molecule has 0 aliphatic carbocycles. The minimum absolute atomic E-state index is 0.231. The molecule has 1 aromatic carbocycles. The van der Waals surface area contributed by atoms with E-state index in [2.05, 4.69) is 50.8 Å². The van der Waals surface area contributed by atoms with E-state index in [4.69, 9.17) is 4.74 Å². The molecule has 0 amide bonds. The molecule has 2 atom stereocenters. The van der Waals surface area contributed by atoms with Crippen molar-refractivity contribution in [3.8, 4) is 0 Å². The molecule has 20 heavy (non-hydrogen) atoms. The summed E-state index contributed by atoms with van der Waals surface area (Å²) in [5.41, 5.74) is 3.29. The third-order valence-electron chi connectivity index (χ3n) is 4.89. The maximum atomic E-state index is 10.9. The Bertz CT molecular complexity index is 454. The Balaban J connectivity index is 2.26. The highest BCUT2D eigenvalue weighted by Gasteiger charge is 2.38. The molecule has 2 unspecified atom stereocenters. The first-order valence-electron chi connectivity index (χ1n) is 7.57. The van der Waals surface area contributed by atoms with Gasteiger partial charge in [0.05, 0.1) is 19.3 Å². The molecule has 0 saturated carbocycles. The van der Waals surface area contributed by atoms with Crippen LogP contribution >= 0.6 is 0 Å². The number of hydrogen-bond acceptors (Lipinski definition) is 3. The number of hydrogen-bond donors (Lipinski definition) is 1. The Kier molecular flexibility index (Phi) is 4.84. The lowest BCUT2D eigenvalue weighted by atomic mass is 9.84. The van der Waals surface area contributed by atoms with E-state index in [0.29, 0.717) is 0 Å². The second-order valence-corrected chi connectivity index (χ2v) is 6.06. The minimum Gasteiger partial charge on any atom is -0.386 e. The Morgan fingerprint density at radius 3 is 2.45 bits per heavy atom. The molecule has 3 heteroatoms. The van der Waals surface area contributed by atoms with Crippen LogP contribution in [0.5, 0.6) is 0 Å². The van der Waals surface area contributed by atoms with Crippen LogP contribution in [0.15, 0.2) is 18.2 Å². The van der Waals surface area contributed by atoms with E-state index in [9.17, 15) is 5.11 Å². The van der Waals surface area contributed by atoms with Crippen molar-refractivity contribution in [3.05, 3.63) is 34.9 Å². The van der Waals surface area contributed by atoms with Gasteiger partial charge in [0, 0.05) is 18.6 Å². The number of benzene rings is 1. The largest absolute Gasteiger partial charge is 0.386 e. The molecule has 3 nitrogen and oxygen atoms in total. The predicted molar refractivity (Wildman–Crippen MR) is 82.0 cm³/mol. The molecule has 1 aromatic rings. The summed E-state index contributed by atoms with van der Waals surface area (Å²) in [6, 6.07) is 6.28. The summed E-state index contributed by atoms with van der Waals surface area (Å²) in [4.78, 5) is 2.37. The number of rotatable bonds is 4. The highest BCUT2D eigenvalue weighted by molar-refractivity contribution is 5.32. The van der Waals surface area contributed by atoms with E-state index in [0.717, 1.165) is 38.3 Å². The fourth-order valence-electron chi connectivity index (χ4n) is 2.96. The van der Waals surface area contributed by atoms with Crippen molar-refractivity contribution in [2.24, 2.45) is 0 Å². The molecule has 112 valence electrons. The van der Waals surface area contributed by atoms with Gasteiger partial charge in [0.25, 0.3) is 0 Å². The molecule has 1 heterocycles. The topological polar surface area (TPSA) is 32.7 Å². The quantitative estimate of drug-likeness (QED) is 0.918. The second-order valence-electron chi connectivity index (χ2n) is 6.06. The van der Waals surface area contributed by atoms with Crippen LogP contribution in [0.2, 0.25) is 0 Å². The number of ether oxygens (including phenoxy) is 1. The van der Waals surface area contributed by atoms with Crippen LogP contribution < -0.4 is 0 Å². The summed E-state index contributed by atoms with van der Waals surface area (Å²) in [5.74, 6) is 0. The minimum atomic E-state index is -0.468. The Labute approximate surface area is 122 Å². The highest BCUT2D eigenvalue weighted by atomic mass is 16.5. The Hall–Kier alpha value is -0.900. The molecule has 1 aliphatic heterocycles. The highest BCUT2D eigenvalue weighted by Crippen LogP contribution is 2.35. The first kappa shape index (κ1) is 15.5. The third-order valence-corrected chi connectivity index (χ3v) is 4.89. The SMILES string of the molecule is CCC(C)(C(O)c1ccc(C)c(C)c1)N1CCOCC1. The van der Waals surface area contributed by atoms with Crippen LogP contribution in [0.4, 0.5) is 0 Å².